The summed E-state index contributed by atoms with van der Waals surface area (Å²) in [6.45, 7) is 7.96. The van der Waals surface area contributed by atoms with Crippen molar-refractivity contribution in [3.05, 3.63) is 63.7 Å². The Morgan fingerprint density at radius 3 is 2.00 bits per heavy atom. The third-order valence-corrected chi connectivity index (χ3v) is 6.42. The quantitative estimate of drug-likeness (QED) is 0.350. The summed E-state index contributed by atoms with van der Waals surface area (Å²) >= 11 is 0. The Kier molecular flexibility index (Phi) is 8.76. The van der Waals surface area contributed by atoms with E-state index < -0.39 is 54.3 Å². The van der Waals surface area contributed by atoms with Gasteiger partial charge in [-0.2, -0.15) is 26.3 Å². The topological polar surface area (TPSA) is 59.1 Å². The fourth-order valence-electron chi connectivity index (χ4n) is 4.93. The van der Waals surface area contributed by atoms with E-state index in [0.717, 1.165) is 10.5 Å². The van der Waals surface area contributed by atoms with Crippen LogP contribution >= 0.6 is 0 Å². The molecule has 0 saturated carbocycles. The van der Waals surface area contributed by atoms with Gasteiger partial charge in [0.1, 0.15) is 0 Å². The molecule has 0 aromatic heterocycles. The molecule has 2 unspecified atom stereocenters. The SMILES string of the molecule is CCOC(=O)N(Cc1cc(C(F)(F)F)cc(C(F)(F)F)c1)C1CC(C)N(C(=O)OCC)c2c(C)cc(C)cc21. The van der Waals surface area contributed by atoms with Crippen molar-refractivity contribution in [2.75, 3.05) is 18.1 Å². The van der Waals surface area contributed by atoms with Crippen LogP contribution in [0.15, 0.2) is 30.3 Å². The molecule has 0 radical (unpaired) electrons. The summed E-state index contributed by atoms with van der Waals surface area (Å²) in [6, 6.07) is 3.47. The number of ether oxygens (including phenoxy) is 2. The van der Waals surface area contributed by atoms with E-state index in [-0.39, 0.29) is 31.3 Å². The van der Waals surface area contributed by atoms with E-state index in [1.54, 1.807) is 33.8 Å². The summed E-state index contributed by atoms with van der Waals surface area (Å²) in [7, 11) is 0. The van der Waals surface area contributed by atoms with Gasteiger partial charge in [0.2, 0.25) is 0 Å². The molecule has 2 amide bonds. The van der Waals surface area contributed by atoms with Crippen molar-refractivity contribution < 1.29 is 45.4 Å². The first-order valence-corrected chi connectivity index (χ1v) is 12.4. The highest BCUT2D eigenvalue weighted by molar-refractivity contribution is 5.91. The van der Waals surface area contributed by atoms with Crippen LogP contribution in [0.1, 0.15) is 66.6 Å². The van der Waals surface area contributed by atoms with Crippen LogP contribution in [0.25, 0.3) is 0 Å². The Bertz CT molecular complexity index is 1200. The lowest BCUT2D eigenvalue weighted by Gasteiger charge is -2.43. The van der Waals surface area contributed by atoms with E-state index in [0.29, 0.717) is 28.9 Å². The van der Waals surface area contributed by atoms with Gasteiger partial charge in [0.15, 0.2) is 0 Å². The van der Waals surface area contributed by atoms with Crippen LogP contribution < -0.4 is 4.90 Å². The second kappa shape index (κ2) is 11.4. The maximum atomic E-state index is 13.5. The molecule has 0 fully saturated rings. The summed E-state index contributed by atoms with van der Waals surface area (Å²) in [5, 5.41) is 0. The number of rotatable bonds is 5. The molecule has 2 aromatic rings. The van der Waals surface area contributed by atoms with Crippen molar-refractivity contribution >= 4 is 17.9 Å². The van der Waals surface area contributed by atoms with Gasteiger partial charge in [-0.05, 0) is 75.9 Å². The zero-order valence-electron chi connectivity index (χ0n) is 22.2. The highest BCUT2D eigenvalue weighted by Gasteiger charge is 2.41. The van der Waals surface area contributed by atoms with Crippen molar-refractivity contribution in [3.63, 3.8) is 0 Å². The predicted molar refractivity (Wildman–Crippen MR) is 131 cm³/mol. The molecule has 0 saturated heterocycles. The molecule has 1 aliphatic rings. The number of nitrogens with zero attached hydrogens (tertiary/aromatic N) is 2. The van der Waals surface area contributed by atoms with Gasteiger partial charge < -0.3 is 9.47 Å². The van der Waals surface area contributed by atoms with Crippen molar-refractivity contribution in [1.82, 2.24) is 4.90 Å². The van der Waals surface area contributed by atoms with Crippen molar-refractivity contribution in [2.24, 2.45) is 0 Å². The molecule has 1 heterocycles. The lowest BCUT2D eigenvalue weighted by molar-refractivity contribution is -0.143. The number of carbonyl (C=O) groups is 2. The molecule has 12 heteroatoms. The molecule has 1 aliphatic heterocycles. The number of halogens is 6. The Labute approximate surface area is 222 Å². The lowest BCUT2D eigenvalue weighted by Crippen LogP contribution is -2.48. The maximum absolute atomic E-state index is 13.5. The fraction of sp³-hybridized carbons (Fsp3) is 0.481. The van der Waals surface area contributed by atoms with Gasteiger partial charge in [0, 0.05) is 12.6 Å². The molecule has 39 heavy (non-hydrogen) atoms. The number of benzene rings is 2. The molecule has 3 rings (SSSR count). The van der Waals surface area contributed by atoms with Crippen LogP contribution in [0.4, 0.5) is 41.6 Å². The number of hydrogen-bond acceptors (Lipinski definition) is 4. The molecule has 2 atom stereocenters. The number of fused-ring (bicyclic) bond motifs is 1. The van der Waals surface area contributed by atoms with Gasteiger partial charge in [0.25, 0.3) is 0 Å². The van der Waals surface area contributed by atoms with Crippen molar-refractivity contribution in [3.8, 4) is 0 Å². The molecular weight excluding hydrogens is 530 g/mol. The minimum absolute atomic E-state index is 0.0418. The summed E-state index contributed by atoms with van der Waals surface area (Å²) in [5.41, 5.74) is -0.862. The predicted octanol–water partition coefficient (Wildman–Crippen LogP) is 7.80. The van der Waals surface area contributed by atoms with E-state index in [1.807, 2.05) is 6.07 Å². The van der Waals surface area contributed by atoms with Crippen LogP contribution in [0.2, 0.25) is 0 Å². The highest BCUT2D eigenvalue weighted by Crippen LogP contribution is 2.44. The third kappa shape index (κ3) is 6.59. The fourth-order valence-corrected chi connectivity index (χ4v) is 4.93. The zero-order chi connectivity index (χ0) is 29.3. The molecule has 2 aromatic carbocycles. The van der Waals surface area contributed by atoms with E-state index in [1.165, 1.54) is 11.8 Å². The molecule has 0 N–H and O–H groups in total. The van der Waals surface area contributed by atoms with Crippen LogP contribution in [0, 0.1) is 13.8 Å². The standard InChI is InChI=1S/C27H30F6N2O4/c1-6-38-24(36)34(14-18-11-19(26(28,29)30)13-20(12-18)27(31,32)33)22-10-17(5)35(25(37)39-7-2)23-16(4)8-15(3)9-21(22)23/h8-9,11-13,17,22H,6-7,10,14H2,1-5H3. The van der Waals surface area contributed by atoms with E-state index in [9.17, 15) is 35.9 Å². The van der Waals surface area contributed by atoms with Crippen LogP contribution in [0.3, 0.4) is 0 Å². The number of hydrogen-bond donors (Lipinski definition) is 0. The minimum Gasteiger partial charge on any atom is -0.450 e. The Morgan fingerprint density at radius 1 is 0.923 bits per heavy atom. The Morgan fingerprint density at radius 2 is 1.49 bits per heavy atom. The first-order valence-electron chi connectivity index (χ1n) is 12.4. The Balaban J connectivity index is 2.18. The zero-order valence-corrected chi connectivity index (χ0v) is 22.2. The normalized spacial score (nSPS) is 17.5. The summed E-state index contributed by atoms with van der Waals surface area (Å²) in [4.78, 5) is 28.6. The Hall–Kier alpha value is -3.44. The van der Waals surface area contributed by atoms with Crippen LogP contribution in [-0.2, 0) is 28.4 Å². The van der Waals surface area contributed by atoms with E-state index >= 15 is 0 Å². The van der Waals surface area contributed by atoms with E-state index in [4.69, 9.17) is 9.47 Å². The number of aryl methyl sites for hydroxylation is 2. The van der Waals surface area contributed by atoms with Crippen molar-refractivity contribution in [1.29, 1.82) is 0 Å². The summed E-state index contributed by atoms with van der Waals surface area (Å²) < 4.78 is 91.4. The van der Waals surface area contributed by atoms with Gasteiger partial charge in [-0.3, -0.25) is 9.80 Å². The number of carbonyl (C=O) groups excluding carboxylic acids is 2. The second-order valence-corrected chi connectivity index (χ2v) is 9.43. The monoisotopic (exact) mass is 560 g/mol. The van der Waals surface area contributed by atoms with Gasteiger partial charge in [-0.1, -0.05) is 17.7 Å². The van der Waals surface area contributed by atoms with Gasteiger partial charge in [-0.25, -0.2) is 9.59 Å². The molecule has 0 aliphatic carbocycles. The van der Waals surface area contributed by atoms with Crippen LogP contribution in [-0.4, -0.2) is 36.3 Å². The lowest BCUT2D eigenvalue weighted by atomic mass is 9.87. The largest absolute Gasteiger partial charge is 0.450 e. The number of anilines is 1. The molecule has 0 spiro atoms. The summed E-state index contributed by atoms with van der Waals surface area (Å²) in [5.74, 6) is 0. The van der Waals surface area contributed by atoms with Gasteiger partial charge in [0.05, 0.1) is 36.1 Å². The van der Waals surface area contributed by atoms with E-state index in [2.05, 4.69) is 0 Å². The van der Waals surface area contributed by atoms with Crippen LogP contribution in [0.5, 0.6) is 0 Å². The highest BCUT2D eigenvalue weighted by atomic mass is 19.4. The van der Waals surface area contributed by atoms with Crippen molar-refractivity contribution in [2.45, 2.75) is 72.0 Å². The summed E-state index contributed by atoms with van der Waals surface area (Å²) in [6.07, 6.45) is -11.4. The minimum atomic E-state index is -5.04. The average molecular weight is 561 g/mol. The first-order chi connectivity index (χ1) is 18.1. The molecule has 6 nitrogen and oxygen atoms in total. The third-order valence-electron chi connectivity index (χ3n) is 6.42. The van der Waals surface area contributed by atoms with Gasteiger partial charge >= 0.3 is 24.5 Å². The second-order valence-electron chi connectivity index (χ2n) is 9.43. The average Bonchev–Trinajstić information content (AvgIpc) is 2.81. The molecule has 0 bridgehead atoms. The smallest absolute Gasteiger partial charge is 0.416 e. The maximum Gasteiger partial charge on any atom is 0.416 e. The van der Waals surface area contributed by atoms with Gasteiger partial charge in [-0.15, -0.1) is 0 Å². The first kappa shape index (κ1) is 30.1. The number of alkyl halides is 6. The molecule has 214 valence electrons. The molecular formula is C27H30F6N2O4. The number of amides is 2.